The number of amides is 1. The Kier molecular flexibility index (Phi) is 5.29. The lowest BCUT2D eigenvalue weighted by Gasteiger charge is -2.36. The van der Waals surface area contributed by atoms with Gasteiger partial charge >= 0.3 is 0 Å². The summed E-state index contributed by atoms with van der Waals surface area (Å²) in [7, 11) is 0. The van der Waals surface area contributed by atoms with E-state index in [1.54, 1.807) is 17.0 Å². The molecule has 6 heteroatoms. The van der Waals surface area contributed by atoms with Crippen molar-refractivity contribution in [3.05, 3.63) is 33.3 Å². The van der Waals surface area contributed by atoms with Crippen LogP contribution in [-0.2, 0) is 4.74 Å². The second kappa shape index (κ2) is 6.57. The molecule has 3 nitrogen and oxygen atoms in total. The van der Waals surface area contributed by atoms with E-state index in [0.717, 1.165) is 4.47 Å². The van der Waals surface area contributed by atoms with Crippen molar-refractivity contribution in [2.75, 3.05) is 18.4 Å². The molecule has 2 atom stereocenters. The van der Waals surface area contributed by atoms with Crippen LogP contribution in [0, 0.1) is 0 Å². The fourth-order valence-corrected chi connectivity index (χ4v) is 3.04. The minimum absolute atomic E-state index is 0.0265. The molecule has 0 N–H and O–H groups in total. The molecule has 1 aromatic rings. The quantitative estimate of drug-likeness (QED) is 0.694. The van der Waals surface area contributed by atoms with Crippen LogP contribution >= 0.6 is 43.5 Å². The number of alkyl halides is 1. The summed E-state index contributed by atoms with van der Waals surface area (Å²) in [5.74, 6) is -0.0487. The molecule has 104 valence electrons. The third-order valence-electron chi connectivity index (χ3n) is 2.94. The lowest BCUT2D eigenvalue weighted by Crippen LogP contribution is -2.49. The van der Waals surface area contributed by atoms with Gasteiger partial charge in [0.15, 0.2) is 0 Å². The normalized spacial score (nSPS) is 23.5. The molecule has 0 radical (unpaired) electrons. The van der Waals surface area contributed by atoms with E-state index in [1.807, 2.05) is 13.0 Å². The summed E-state index contributed by atoms with van der Waals surface area (Å²) in [5.41, 5.74) is 0.526. The Hall–Kier alpha value is -0.100. The first-order chi connectivity index (χ1) is 9.01. The topological polar surface area (TPSA) is 29.5 Å². The summed E-state index contributed by atoms with van der Waals surface area (Å²) in [6.07, 6.45) is 0.0600. The average Bonchev–Trinajstić information content (AvgIpc) is 2.40. The van der Waals surface area contributed by atoms with Gasteiger partial charge in [0.1, 0.15) is 0 Å². The van der Waals surface area contributed by atoms with E-state index in [2.05, 4.69) is 31.9 Å². The van der Waals surface area contributed by atoms with Crippen LogP contribution in [0.5, 0.6) is 0 Å². The molecule has 1 amide bonds. The van der Waals surface area contributed by atoms with E-state index >= 15 is 0 Å². The average molecular weight is 412 g/mol. The number of halogens is 3. The van der Waals surface area contributed by atoms with Gasteiger partial charge in [-0.2, -0.15) is 0 Å². The highest BCUT2D eigenvalue weighted by atomic mass is 79.9. The van der Waals surface area contributed by atoms with E-state index in [1.165, 1.54) is 0 Å². The first-order valence-electron chi connectivity index (χ1n) is 5.97. The molecule has 0 aromatic heterocycles. The van der Waals surface area contributed by atoms with Crippen molar-refractivity contribution < 1.29 is 9.53 Å². The number of hydrogen-bond acceptors (Lipinski definition) is 2. The summed E-state index contributed by atoms with van der Waals surface area (Å²) in [6.45, 7) is 3.14. The minimum Gasteiger partial charge on any atom is -0.371 e. The van der Waals surface area contributed by atoms with Crippen LogP contribution in [-0.4, -0.2) is 41.4 Å². The molecule has 2 unspecified atom stereocenters. The molecule has 1 fully saturated rings. The van der Waals surface area contributed by atoms with Crippen LogP contribution in [0.25, 0.3) is 0 Å². The molecule has 0 bridgehead atoms. The number of rotatable bonds is 2. The van der Waals surface area contributed by atoms with Crippen LogP contribution in [0.2, 0.25) is 5.02 Å². The van der Waals surface area contributed by atoms with E-state index in [9.17, 15) is 4.79 Å². The van der Waals surface area contributed by atoms with Crippen LogP contribution in [0.1, 0.15) is 17.3 Å². The van der Waals surface area contributed by atoms with Crippen LogP contribution in [0.15, 0.2) is 22.7 Å². The van der Waals surface area contributed by atoms with Gasteiger partial charge in [0.25, 0.3) is 5.91 Å². The molecular formula is C13H14Br2ClNO2. The summed E-state index contributed by atoms with van der Waals surface area (Å²) in [6, 6.07) is 5.31. The first kappa shape index (κ1) is 15.3. The van der Waals surface area contributed by atoms with Crippen molar-refractivity contribution in [2.45, 2.75) is 19.1 Å². The van der Waals surface area contributed by atoms with Gasteiger partial charge in [0, 0.05) is 22.9 Å². The summed E-state index contributed by atoms with van der Waals surface area (Å²) >= 11 is 12.9. The van der Waals surface area contributed by atoms with Gasteiger partial charge in [0.05, 0.1) is 22.8 Å². The maximum Gasteiger partial charge on any atom is 0.255 e. The van der Waals surface area contributed by atoms with Gasteiger partial charge in [-0.25, -0.2) is 0 Å². The molecule has 1 aliphatic heterocycles. The Labute approximate surface area is 134 Å². The van der Waals surface area contributed by atoms with E-state index in [4.69, 9.17) is 16.3 Å². The van der Waals surface area contributed by atoms with E-state index in [-0.39, 0.29) is 18.1 Å². The second-order valence-corrected chi connectivity index (χ2v) is 6.53. The Morgan fingerprint density at radius 1 is 1.53 bits per heavy atom. The number of benzene rings is 1. The number of carbonyl (C=O) groups is 1. The number of nitrogens with zero attached hydrogens (tertiary/aromatic N) is 1. The molecule has 1 saturated heterocycles. The van der Waals surface area contributed by atoms with Gasteiger partial charge in [-0.1, -0.05) is 43.5 Å². The molecule has 1 heterocycles. The molecule has 0 aliphatic carbocycles. The van der Waals surface area contributed by atoms with Gasteiger partial charge in [-0.3, -0.25) is 4.79 Å². The van der Waals surface area contributed by atoms with Crippen molar-refractivity contribution in [3.63, 3.8) is 0 Å². The monoisotopic (exact) mass is 409 g/mol. The smallest absolute Gasteiger partial charge is 0.255 e. The van der Waals surface area contributed by atoms with Crippen molar-refractivity contribution in [2.24, 2.45) is 0 Å². The fourth-order valence-electron chi connectivity index (χ4n) is 2.13. The number of ether oxygens (including phenoxy) is 1. The Bertz CT molecular complexity index is 484. The fraction of sp³-hybridized carbons (Fsp3) is 0.462. The summed E-state index contributed by atoms with van der Waals surface area (Å²) in [4.78, 5) is 14.3. The Morgan fingerprint density at radius 3 is 2.95 bits per heavy atom. The van der Waals surface area contributed by atoms with E-state index in [0.29, 0.717) is 29.0 Å². The Balaban J connectivity index is 2.21. The molecular weight excluding hydrogens is 397 g/mol. The van der Waals surface area contributed by atoms with Crippen LogP contribution in [0.4, 0.5) is 0 Å². The maximum absolute atomic E-state index is 12.5. The zero-order valence-electron chi connectivity index (χ0n) is 10.4. The second-order valence-electron chi connectivity index (χ2n) is 4.56. The predicted molar refractivity (Wildman–Crippen MR) is 83.2 cm³/mol. The molecule has 1 aromatic carbocycles. The first-order valence-corrected chi connectivity index (χ1v) is 8.26. The molecule has 1 aliphatic rings. The lowest BCUT2D eigenvalue weighted by molar-refractivity contribution is -0.0559. The third-order valence-corrected chi connectivity index (χ3v) is 4.49. The molecule has 0 saturated carbocycles. The summed E-state index contributed by atoms with van der Waals surface area (Å²) < 4.78 is 6.57. The maximum atomic E-state index is 12.5. The largest absolute Gasteiger partial charge is 0.371 e. The van der Waals surface area contributed by atoms with Crippen molar-refractivity contribution in [3.8, 4) is 0 Å². The number of morpholine rings is 1. The van der Waals surface area contributed by atoms with Crippen molar-refractivity contribution >= 4 is 49.4 Å². The molecule has 0 spiro atoms. The van der Waals surface area contributed by atoms with Gasteiger partial charge in [0.2, 0.25) is 0 Å². The van der Waals surface area contributed by atoms with Gasteiger partial charge < -0.3 is 9.64 Å². The van der Waals surface area contributed by atoms with Gasteiger partial charge in [-0.05, 0) is 25.1 Å². The molecule has 19 heavy (non-hydrogen) atoms. The summed E-state index contributed by atoms with van der Waals surface area (Å²) in [5, 5.41) is 1.19. The van der Waals surface area contributed by atoms with Crippen molar-refractivity contribution in [1.82, 2.24) is 4.90 Å². The highest BCUT2D eigenvalue weighted by Gasteiger charge is 2.29. The zero-order valence-corrected chi connectivity index (χ0v) is 14.3. The van der Waals surface area contributed by atoms with Crippen molar-refractivity contribution in [1.29, 1.82) is 0 Å². The highest BCUT2D eigenvalue weighted by Crippen LogP contribution is 2.24. The van der Waals surface area contributed by atoms with Gasteiger partial charge in [-0.15, -0.1) is 0 Å². The van der Waals surface area contributed by atoms with Crippen LogP contribution in [0.3, 0.4) is 0 Å². The minimum atomic E-state index is -0.0487. The number of hydrogen-bond donors (Lipinski definition) is 0. The van der Waals surface area contributed by atoms with Crippen LogP contribution < -0.4 is 0 Å². The Morgan fingerprint density at radius 2 is 2.26 bits per heavy atom. The zero-order chi connectivity index (χ0) is 14.0. The predicted octanol–water partition coefficient (Wildman–Crippen LogP) is 3.73. The third kappa shape index (κ3) is 3.72. The SMILES string of the molecule is CC1CN(C(=O)c2cc(Br)ccc2Cl)CC(CBr)O1. The lowest BCUT2D eigenvalue weighted by atomic mass is 10.1. The standard InChI is InChI=1S/C13H14Br2ClNO2/c1-8-6-17(7-10(5-14)19-8)13(18)11-4-9(15)2-3-12(11)16/h2-4,8,10H,5-7H2,1H3. The van der Waals surface area contributed by atoms with E-state index < -0.39 is 0 Å². The highest BCUT2D eigenvalue weighted by molar-refractivity contribution is 9.10. The molecule has 2 rings (SSSR count). The number of carbonyl (C=O) groups excluding carboxylic acids is 1.